The maximum absolute atomic E-state index is 5.05. The van der Waals surface area contributed by atoms with Crippen molar-refractivity contribution in [2.24, 2.45) is 0 Å². The molecular weight excluding hydrogens is 140 g/mol. The largest absolute Gasteiger partial charge is 0.444 e. The number of aromatic nitrogens is 2. The van der Waals surface area contributed by atoms with Crippen LogP contribution in [0.3, 0.4) is 0 Å². The van der Waals surface area contributed by atoms with Crippen LogP contribution < -0.4 is 0 Å². The fraction of sp³-hybridized carbons (Fsp3) is 0. The molecule has 0 N–H and O–H groups in total. The minimum absolute atomic E-state index is 0.589. The predicted octanol–water partition coefficient (Wildman–Crippen LogP) is 1.54. The number of hydrogen-bond donors (Lipinski definition) is 0. The van der Waals surface area contributed by atoms with Crippen LogP contribution in [-0.2, 0) is 0 Å². The molecule has 11 heavy (non-hydrogen) atoms. The average molecular weight is 145 g/mol. The Bertz CT molecular complexity index is 315. The molecule has 0 unspecified atom stereocenters. The first kappa shape index (κ1) is 6.09. The lowest BCUT2D eigenvalue weighted by atomic mass is 10.3. The van der Waals surface area contributed by atoms with E-state index in [0.29, 0.717) is 5.89 Å². The van der Waals surface area contributed by atoms with Gasteiger partial charge in [-0.1, -0.05) is 0 Å². The third kappa shape index (κ3) is 1.12. The van der Waals surface area contributed by atoms with Gasteiger partial charge in [-0.3, -0.25) is 4.98 Å². The minimum Gasteiger partial charge on any atom is -0.444 e. The molecule has 0 aliphatic carbocycles. The molecule has 53 valence electrons. The van der Waals surface area contributed by atoms with Crippen LogP contribution in [0.5, 0.6) is 0 Å². The summed E-state index contributed by atoms with van der Waals surface area (Å²) in [4.78, 5) is 7.78. The number of hydrogen-bond acceptors (Lipinski definition) is 3. The fourth-order valence-corrected chi connectivity index (χ4v) is 0.812. The maximum atomic E-state index is 5.05. The summed E-state index contributed by atoms with van der Waals surface area (Å²) in [6.07, 6.45) is 7.47. The van der Waals surface area contributed by atoms with Crippen molar-refractivity contribution in [2.75, 3.05) is 0 Å². The Morgan fingerprint density at radius 1 is 1.45 bits per heavy atom. The second-order valence-electron chi connectivity index (χ2n) is 2.01. The van der Waals surface area contributed by atoms with Gasteiger partial charge in [0, 0.05) is 6.20 Å². The summed E-state index contributed by atoms with van der Waals surface area (Å²) in [5.74, 6) is 0.589. The van der Waals surface area contributed by atoms with Gasteiger partial charge < -0.3 is 4.42 Å². The minimum atomic E-state index is 0.589. The van der Waals surface area contributed by atoms with Gasteiger partial charge in [-0.05, 0) is 12.1 Å². The molecule has 0 atom stereocenters. The van der Waals surface area contributed by atoms with Gasteiger partial charge in [0.25, 0.3) is 0 Å². The van der Waals surface area contributed by atoms with Crippen LogP contribution in [0.25, 0.3) is 11.5 Å². The zero-order valence-electron chi connectivity index (χ0n) is 5.69. The number of pyridine rings is 1. The van der Waals surface area contributed by atoms with Gasteiger partial charge in [-0.2, -0.15) is 0 Å². The normalized spacial score (nSPS) is 9.82. The Morgan fingerprint density at radius 3 is 3.09 bits per heavy atom. The number of oxazole rings is 1. The van der Waals surface area contributed by atoms with Crippen molar-refractivity contribution in [1.82, 2.24) is 9.97 Å². The molecular formula is C8H5N2O. The van der Waals surface area contributed by atoms with Crippen LogP contribution >= 0.6 is 0 Å². The van der Waals surface area contributed by atoms with Crippen molar-refractivity contribution < 1.29 is 4.42 Å². The molecule has 0 aromatic carbocycles. The second kappa shape index (κ2) is 2.54. The SMILES string of the molecule is [c]1ccc(-c2ncco2)cn1. The topological polar surface area (TPSA) is 38.9 Å². The van der Waals surface area contributed by atoms with E-state index in [4.69, 9.17) is 4.42 Å². The standard InChI is InChI=1S/C8H5N2O/c1-2-7(6-9-3-1)8-10-4-5-11-8/h1-2,4-6H. The zero-order valence-corrected chi connectivity index (χ0v) is 5.69. The maximum Gasteiger partial charge on any atom is 0.227 e. The highest BCUT2D eigenvalue weighted by atomic mass is 16.3. The fourth-order valence-electron chi connectivity index (χ4n) is 0.812. The van der Waals surface area contributed by atoms with Gasteiger partial charge in [-0.15, -0.1) is 0 Å². The molecule has 0 saturated carbocycles. The van der Waals surface area contributed by atoms with E-state index >= 15 is 0 Å². The Balaban J connectivity index is 2.46. The molecule has 0 amide bonds. The number of rotatable bonds is 1. The monoisotopic (exact) mass is 145 g/mol. The molecule has 0 spiro atoms. The molecule has 2 aromatic heterocycles. The lowest BCUT2D eigenvalue weighted by molar-refractivity contribution is 0.574. The highest BCUT2D eigenvalue weighted by Crippen LogP contribution is 2.13. The molecule has 0 aliphatic heterocycles. The highest BCUT2D eigenvalue weighted by molar-refractivity contribution is 5.49. The van der Waals surface area contributed by atoms with Crippen LogP contribution in [-0.4, -0.2) is 9.97 Å². The van der Waals surface area contributed by atoms with Gasteiger partial charge in [0.2, 0.25) is 5.89 Å². The molecule has 2 heterocycles. The molecule has 0 bridgehead atoms. The second-order valence-corrected chi connectivity index (χ2v) is 2.01. The number of nitrogens with zero attached hydrogens (tertiary/aromatic N) is 2. The lowest BCUT2D eigenvalue weighted by Crippen LogP contribution is -1.77. The molecule has 3 nitrogen and oxygen atoms in total. The summed E-state index contributed by atoms with van der Waals surface area (Å²) < 4.78 is 5.05. The molecule has 2 rings (SSSR count). The summed E-state index contributed by atoms with van der Waals surface area (Å²) >= 11 is 0. The van der Waals surface area contributed by atoms with Crippen LogP contribution in [0, 0.1) is 6.20 Å². The lowest BCUT2D eigenvalue weighted by Gasteiger charge is -1.89. The summed E-state index contributed by atoms with van der Waals surface area (Å²) in [5, 5.41) is 0. The van der Waals surface area contributed by atoms with Crippen LogP contribution in [0.4, 0.5) is 0 Å². The Morgan fingerprint density at radius 2 is 2.45 bits per heavy atom. The van der Waals surface area contributed by atoms with E-state index < -0.39 is 0 Å². The molecule has 1 radical (unpaired) electrons. The summed E-state index contributed by atoms with van der Waals surface area (Å²) in [6, 6.07) is 3.57. The highest BCUT2D eigenvalue weighted by Gasteiger charge is 1.99. The van der Waals surface area contributed by atoms with Gasteiger partial charge in [-0.25, -0.2) is 4.98 Å². The van der Waals surface area contributed by atoms with Crippen LogP contribution in [0.1, 0.15) is 0 Å². The van der Waals surface area contributed by atoms with Gasteiger partial charge >= 0.3 is 0 Å². The molecule has 0 saturated heterocycles. The zero-order chi connectivity index (χ0) is 7.52. The molecule has 0 aliphatic rings. The van der Waals surface area contributed by atoms with Gasteiger partial charge in [0.05, 0.1) is 18.0 Å². The van der Waals surface area contributed by atoms with Crippen molar-refractivity contribution in [2.45, 2.75) is 0 Å². The van der Waals surface area contributed by atoms with Crippen molar-refractivity contribution >= 4 is 0 Å². The quantitative estimate of drug-likeness (QED) is 0.610. The van der Waals surface area contributed by atoms with E-state index in [-0.39, 0.29) is 0 Å². The third-order valence-electron chi connectivity index (χ3n) is 1.29. The van der Waals surface area contributed by atoms with E-state index in [1.54, 1.807) is 18.5 Å². The Labute approximate surface area is 63.7 Å². The predicted molar refractivity (Wildman–Crippen MR) is 38.6 cm³/mol. The van der Waals surface area contributed by atoms with Crippen LogP contribution in [0.15, 0.2) is 35.2 Å². The summed E-state index contributed by atoms with van der Waals surface area (Å²) in [5.41, 5.74) is 0.869. The Kier molecular flexibility index (Phi) is 1.41. The Hall–Kier alpha value is -1.64. The average Bonchev–Trinajstić information content (AvgIpc) is 2.58. The summed E-state index contributed by atoms with van der Waals surface area (Å²) in [7, 11) is 0. The van der Waals surface area contributed by atoms with E-state index in [1.165, 1.54) is 6.26 Å². The summed E-state index contributed by atoms with van der Waals surface area (Å²) in [6.45, 7) is 0. The van der Waals surface area contributed by atoms with Crippen molar-refractivity contribution in [3.63, 3.8) is 0 Å². The van der Waals surface area contributed by atoms with E-state index in [0.717, 1.165) is 5.56 Å². The molecule has 0 fully saturated rings. The smallest absolute Gasteiger partial charge is 0.227 e. The first-order valence-corrected chi connectivity index (χ1v) is 3.19. The first-order chi connectivity index (χ1) is 5.47. The third-order valence-corrected chi connectivity index (χ3v) is 1.29. The first-order valence-electron chi connectivity index (χ1n) is 3.19. The van der Waals surface area contributed by atoms with E-state index in [2.05, 4.69) is 16.2 Å². The molecule has 2 aromatic rings. The van der Waals surface area contributed by atoms with E-state index in [1.807, 2.05) is 6.07 Å². The van der Waals surface area contributed by atoms with Gasteiger partial charge in [0.15, 0.2) is 0 Å². The van der Waals surface area contributed by atoms with Gasteiger partial charge in [0.1, 0.15) is 6.26 Å². The molecule has 3 heteroatoms. The van der Waals surface area contributed by atoms with Crippen molar-refractivity contribution in [3.05, 3.63) is 37.0 Å². The van der Waals surface area contributed by atoms with Crippen LogP contribution in [0.2, 0.25) is 0 Å². The van der Waals surface area contributed by atoms with Crippen molar-refractivity contribution in [1.29, 1.82) is 0 Å². The van der Waals surface area contributed by atoms with E-state index in [9.17, 15) is 0 Å². The van der Waals surface area contributed by atoms with Crippen molar-refractivity contribution in [3.8, 4) is 11.5 Å².